The highest BCUT2D eigenvalue weighted by molar-refractivity contribution is 6.30. The Hall–Kier alpha value is -5.20. The van der Waals surface area contributed by atoms with Gasteiger partial charge >= 0.3 is 11.8 Å². The van der Waals surface area contributed by atoms with Crippen LogP contribution < -0.4 is 11.1 Å². The van der Waals surface area contributed by atoms with Gasteiger partial charge in [-0.2, -0.15) is 9.78 Å². The first kappa shape index (κ1) is 30.3. The van der Waals surface area contributed by atoms with Crippen molar-refractivity contribution in [3.05, 3.63) is 117 Å². The van der Waals surface area contributed by atoms with Gasteiger partial charge in [-0.15, -0.1) is 0 Å². The number of nitrogens with one attached hydrogen (secondary N) is 1. The summed E-state index contributed by atoms with van der Waals surface area (Å²) in [5.41, 5.74) is 2.56. The minimum absolute atomic E-state index is 0.0171. The van der Waals surface area contributed by atoms with Crippen molar-refractivity contribution < 1.29 is 33.4 Å². The molecule has 0 radical (unpaired) electrons. The van der Waals surface area contributed by atoms with E-state index < -0.39 is 36.5 Å². The smallest absolute Gasteiger partial charge is 0.493 e. The Balaban J connectivity index is 1.32. The molecule has 0 aliphatic rings. The number of carbonyl (C=O) groups excluding carboxylic acids is 2. The number of nitrogens with zero attached hydrogens (tertiary/aromatic N) is 3. The number of hydrogen-bond acceptors (Lipinski definition) is 10. The normalized spacial score (nSPS) is 12.4. The summed E-state index contributed by atoms with van der Waals surface area (Å²) in [7, 11) is 0. The zero-order chi connectivity index (χ0) is 31.2. The SMILES string of the molecule is Cc1oc(=O)oc1COC(=O)[C@H](O)C[C@@H](Cc1ccc(-c2cccc(Cl)c2)cc1)NC(=O)c1cc(O)n(-c2ccccn2)n1. The van der Waals surface area contributed by atoms with Crippen LogP contribution in [0.25, 0.3) is 16.9 Å². The summed E-state index contributed by atoms with van der Waals surface area (Å²) in [6.45, 7) is 1.06. The molecular weight excluding hydrogens is 592 g/mol. The number of esters is 1. The lowest BCUT2D eigenvalue weighted by Crippen LogP contribution is -2.41. The van der Waals surface area contributed by atoms with Crippen LogP contribution in [0.3, 0.4) is 0 Å². The number of pyridine rings is 1. The highest BCUT2D eigenvalue weighted by Gasteiger charge is 2.26. The maximum absolute atomic E-state index is 13.2. The van der Waals surface area contributed by atoms with E-state index in [1.165, 1.54) is 19.2 Å². The van der Waals surface area contributed by atoms with Crippen LogP contribution >= 0.6 is 11.6 Å². The van der Waals surface area contributed by atoms with Crippen molar-refractivity contribution in [3.8, 4) is 22.8 Å². The first-order valence-corrected chi connectivity index (χ1v) is 13.8. The number of hydrogen-bond donors (Lipinski definition) is 3. The van der Waals surface area contributed by atoms with Gasteiger partial charge in [0.25, 0.3) is 5.91 Å². The van der Waals surface area contributed by atoms with Gasteiger partial charge in [-0.25, -0.2) is 14.6 Å². The van der Waals surface area contributed by atoms with Crippen molar-refractivity contribution in [2.24, 2.45) is 0 Å². The van der Waals surface area contributed by atoms with Crippen molar-refractivity contribution in [2.45, 2.75) is 38.5 Å². The Morgan fingerprint density at radius 2 is 1.84 bits per heavy atom. The van der Waals surface area contributed by atoms with Gasteiger partial charge in [0.15, 0.2) is 35.7 Å². The highest BCUT2D eigenvalue weighted by atomic mass is 35.5. The third-order valence-corrected chi connectivity index (χ3v) is 6.91. The van der Waals surface area contributed by atoms with Gasteiger partial charge in [0.05, 0.1) is 0 Å². The molecule has 0 fully saturated rings. The lowest BCUT2D eigenvalue weighted by atomic mass is 9.97. The molecule has 44 heavy (non-hydrogen) atoms. The van der Waals surface area contributed by atoms with Crippen LogP contribution in [-0.2, 0) is 22.6 Å². The number of aliphatic hydroxyl groups is 1. The first-order chi connectivity index (χ1) is 21.2. The van der Waals surface area contributed by atoms with Gasteiger partial charge in [0.2, 0.25) is 5.88 Å². The van der Waals surface area contributed by atoms with Crippen LogP contribution in [-0.4, -0.2) is 49.0 Å². The molecule has 0 aliphatic heterocycles. The molecule has 12 nitrogen and oxygen atoms in total. The summed E-state index contributed by atoms with van der Waals surface area (Å²) in [5.74, 6) is -2.39. The number of aromatic hydroxyl groups is 1. The van der Waals surface area contributed by atoms with E-state index in [0.29, 0.717) is 10.8 Å². The van der Waals surface area contributed by atoms with Crippen LogP contribution in [0.1, 0.15) is 34.0 Å². The van der Waals surface area contributed by atoms with Crippen molar-refractivity contribution in [1.29, 1.82) is 0 Å². The van der Waals surface area contributed by atoms with Crippen LogP contribution in [0.2, 0.25) is 5.02 Å². The standard InChI is InChI=1S/C31H27ClN4O8/c1-18-26(44-31(41)43-18)17-42-30(40)25(37)15-23(13-19-8-10-20(11-9-19)21-5-4-6-22(32)14-21)34-29(39)24-16-28(38)36(35-24)27-7-2-3-12-33-27/h2-12,14,16,23,25,37-38H,13,15,17H2,1H3,(H,34,39)/t23-,25-/m1/s1. The number of ether oxygens (including phenoxy) is 1. The summed E-state index contributed by atoms with van der Waals surface area (Å²) in [6, 6.07) is 20.4. The second-order valence-electron chi connectivity index (χ2n) is 9.86. The van der Waals surface area contributed by atoms with Gasteiger partial charge < -0.3 is 29.1 Å². The number of halogens is 1. The second-order valence-corrected chi connectivity index (χ2v) is 10.3. The molecule has 5 aromatic rings. The van der Waals surface area contributed by atoms with E-state index in [1.54, 1.807) is 24.3 Å². The number of benzene rings is 2. The fraction of sp³-hybridized carbons (Fsp3) is 0.194. The second kappa shape index (κ2) is 13.4. The number of amides is 1. The predicted octanol–water partition coefficient (Wildman–Crippen LogP) is 3.98. The minimum atomic E-state index is -1.63. The Morgan fingerprint density at radius 1 is 1.05 bits per heavy atom. The van der Waals surface area contributed by atoms with Gasteiger partial charge in [-0.1, -0.05) is 54.1 Å². The van der Waals surface area contributed by atoms with Crippen LogP contribution in [0, 0.1) is 6.92 Å². The third-order valence-electron chi connectivity index (χ3n) is 6.68. The molecule has 0 aliphatic carbocycles. The van der Waals surface area contributed by atoms with Crippen LogP contribution in [0.15, 0.2) is 92.6 Å². The molecule has 0 bridgehead atoms. The van der Waals surface area contributed by atoms with Gasteiger partial charge in [-0.3, -0.25) is 4.79 Å². The first-order valence-electron chi connectivity index (χ1n) is 13.5. The largest absolute Gasteiger partial charge is 0.519 e. The van der Waals surface area contributed by atoms with Crippen molar-refractivity contribution in [2.75, 3.05) is 0 Å². The number of carbonyl (C=O) groups is 2. The Bertz CT molecular complexity index is 1810. The molecular formula is C31H27ClN4O8. The lowest BCUT2D eigenvalue weighted by molar-refractivity contribution is -0.156. The van der Waals surface area contributed by atoms with E-state index in [9.17, 15) is 24.6 Å². The quantitative estimate of drug-likeness (QED) is 0.184. The summed E-state index contributed by atoms with van der Waals surface area (Å²) in [4.78, 5) is 41.2. The molecule has 3 N–H and O–H groups in total. The fourth-order valence-electron chi connectivity index (χ4n) is 4.47. The molecule has 2 atom stereocenters. The summed E-state index contributed by atoms with van der Waals surface area (Å²) in [5, 5.41) is 28.6. The van der Waals surface area contributed by atoms with Gasteiger partial charge in [0, 0.05) is 29.7 Å². The van der Waals surface area contributed by atoms with Crippen molar-refractivity contribution >= 4 is 23.5 Å². The minimum Gasteiger partial charge on any atom is -0.493 e. The van der Waals surface area contributed by atoms with Crippen molar-refractivity contribution in [3.63, 3.8) is 0 Å². The summed E-state index contributed by atoms with van der Waals surface area (Å²) in [6.07, 6.45) is -0.105. The van der Waals surface area contributed by atoms with E-state index in [4.69, 9.17) is 25.2 Å². The molecule has 13 heteroatoms. The summed E-state index contributed by atoms with van der Waals surface area (Å²) < 4.78 is 15.8. The van der Waals surface area contributed by atoms with E-state index in [0.717, 1.165) is 21.4 Å². The van der Waals surface area contributed by atoms with Gasteiger partial charge in [0.1, 0.15) is 0 Å². The predicted molar refractivity (Wildman–Crippen MR) is 157 cm³/mol. The zero-order valence-corrected chi connectivity index (χ0v) is 24.1. The molecule has 226 valence electrons. The Kier molecular flexibility index (Phi) is 9.22. The Morgan fingerprint density at radius 3 is 2.52 bits per heavy atom. The Labute approximate surface area is 255 Å². The zero-order valence-electron chi connectivity index (χ0n) is 23.3. The van der Waals surface area contributed by atoms with Crippen LogP contribution in [0.5, 0.6) is 5.88 Å². The van der Waals surface area contributed by atoms with Crippen LogP contribution in [0.4, 0.5) is 0 Å². The van der Waals surface area contributed by atoms with E-state index >= 15 is 0 Å². The number of rotatable bonds is 11. The maximum atomic E-state index is 13.2. The average molecular weight is 619 g/mol. The van der Waals surface area contributed by atoms with Crippen molar-refractivity contribution in [1.82, 2.24) is 20.1 Å². The number of aliphatic hydroxyl groups excluding tert-OH is 1. The van der Waals surface area contributed by atoms with E-state index in [1.807, 2.05) is 42.5 Å². The molecule has 5 rings (SSSR count). The molecule has 0 saturated heterocycles. The van der Waals surface area contributed by atoms with E-state index in [-0.39, 0.29) is 35.9 Å². The molecule has 0 spiro atoms. The molecule has 2 aromatic carbocycles. The molecule has 3 heterocycles. The lowest BCUT2D eigenvalue weighted by Gasteiger charge is -2.21. The maximum Gasteiger partial charge on any atom is 0.519 e. The fourth-order valence-corrected chi connectivity index (χ4v) is 4.66. The summed E-state index contributed by atoms with van der Waals surface area (Å²) >= 11 is 6.13. The molecule has 3 aromatic heterocycles. The molecule has 0 unspecified atom stereocenters. The van der Waals surface area contributed by atoms with E-state index in [2.05, 4.69) is 15.4 Å². The molecule has 1 amide bonds. The average Bonchev–Trinajstić information content (AvgIpc) is 3.56. The highest BCUT2D eigenvalue weighted by Crippen LogP contribution is 2.24. The molecule has 0 saturated carbocycles. The number of aromatic nitrogens is 3. The topological polar surface area (TPSA) is 170 Å². The van der Waals surface area contributed by atoms with Gasteiger partial charge in [-0.05, 0) is 54.3 Å². The number of aryl methyl sites for hydroxylation is 1. The third kappa shape index (κ3) is 7.41. The monoisotopic (exact) mass is 618 g/mol.